The molecule has 0 saturated carbocycles. The second-order valence-electron chi connectivity index (χ2n) is 3.53. The first-order valence-corrected chi connectivity index (χ1v) is 6.10. The van der Waals surface area contributed by atoms with Gasteiger partial charge in [0.2, 0.25) is 0 Å². The van der Waals surface area contributed by atoms with E-state index >= 15 is 0 Å². The van der Waals surface area contributed by atoms with E-state index in [1.807, 2.05) is 11.3 Å². The molecule has 0 aromatic carbocycles. The molecule has 0 amide bonds. The van der Waals surface area contributed by atoms with E-state index in [9.17, 15) is 0 Å². The van der Waals surface area contributed by atoms with Crippen LogP contribution < -0.4 is 11.1 Å². The largest absolute Gasteiger partial charge is 0.379 e. The van der Waals surface area contributed by atoms with Crippen LogP contribution in [-0.2, 0) is 11.3 Å². The molecular weight excluding hydrogens is 208 g/mol. The Kier molecular flexibility index (Phi) is 5.86. The Bertz CT molecular complexity index is 267. The maximum absolute atomic E-state index is 5.31. The van der Waals surface area contributed by atoms with Gasteiger partial charge in [0, 0.05) is 29.4 Å². The summed E-state index contributed by atoms with van der Waals surface area (Å²) in [5.41, 5.74) is 6.70. The van der Waals surface area contributed by atoms with Crippen molar-refractivity contribution < 1.29 is 4.74 Å². The topological polar surface area (TPSA) is 47.3 Å². The average molecular weight is 228 g/mol. The van der Waals surface area contributed by atoms with Gasteiger partial charge in [0.15, 0.2) is 0 Å². The zero-order valence-electron chi connectivity index (χ0n) is 9.51. The third kappa shape index (κ3) is 4.75. The number of hydrogen-bond acceptors (Lipinski definition) is 4. The zero-order chi connectivity index (χ0) is 11.1. The zero-order valence-corrected chi connectivity index (χ0v) is 10.3. The van der Waals surface area contributed by atoms with Crippen LogP contribution in [0.25, 0.3) is 0 Å². The number of nitrogens with two attached hydrogens (primary N) is 1. The highest BCUT2D eigenvalue weighted by atomic mass is 32.1. The van der Waals surface area contributed by atoms with Gasteiger partial charge < -0.3 is 15.8 Å². The van der Waals surface area contributed by atoms with Crippen molar-refractivity contribution in [2.24, 2.45) is 5.73 Å². The molecule has 0 saturated heterocycles. The Hall–Kier alpha value is -0.420. The summed E-state index contributed by atoms with van der Waals surface area (Å²) < 4.78 is 5.27. The van der Waals surface area contributed by atoms with Crippen LogP contribution >= 0.6 is 11.3 Å². The molecule has 15 heavy (non-hydrogen) atoms. The van der Waals surface area contributed by atoms with Gasteiger partial charge in [0.25, 0.3) is 0 Å². The summed E-state index contributed by atoms with van der Waals surface area (Å²) in [6.45, 7) is 8.12. The number of hydrogen-bond donors (Lipinski definition) is 2. The monoisotopic (exact) mass is 228 g/mol. The van der Waals surface area contributed by atoms with Crippen molar-refractivity contribution in [3.63, 3.8) is 0 Å². The van der Waals surface area contributed by atoms with E-state index in [-0.39, 0.29) is 0 Å². The second-order valence-corrected chi connectivity index (χ2v) is 4.87. The molecule has 1 aromatic rings. The molecule has 4 heteroatoms. The van der Waals surface area contributed by atoms with Gasteiger partial charge in [-0.15, -0.1) is 11.3 Å². The third-order valence-electron chi connectivity index (χ3n) is 2.20. The van der Waals surface area contributed by atoms with Crippen molar-refractivity contribution in [1.82, 2.24) is 5.32 Å². The van der Waals surface area contributed by atoms with Crippen molar-refractivity contribution in [3.05, 3.63) is 21.4 Å². The molecule has 0 aliphatic rings. The van der Waals surface area contributed by atoms with E-state index in [0.717, 1.165) is 19.7 Å². The van der Waals surface area contributed by atoms with E-state index in [1.54, 1.807) is 0 Å². The lowest BCUT2D eigenvalue weighted by molar-refractivity contribution is 0.143. The quantitative estimate of drug-likeness (QED) is 0.694. The van der Waals surface area contributed by atoms with Crippen LogP contribution in [0.3, 0.4) is 0 Å². The molecule has 0 fully saturated rings. The Morgan fingerprint density at radius 2 is 2.20 bits per heavy atom. The van der Waals surface area contributed by atoms with Crippen LogP contribution in [0, 0.1) is 13.8 Å². The molecule has 0 atom stereocenters. The van der Waals surface area contributed by atoms with Crippen LogP contribution in [0.15, 0.2) is 6.07 Å². The summed E-state index contributed by atoms with van der Waals surface area (Å²) in [4.78, 5) is 2.80. The highest BCUT2D eigenvalue weighted by molar-refractivity contribution is 7.12. The fourth-order valence-corrected chi connectivity index (χ4v) is 2.30. The summed E-state index contributed by atoms with van der Waals surface area (Å²) in [7, 11) is 0. The Balaban J connectivity index is 2.10. The summed E-state index contributed by atoms with van der Waals surface area (Å²) in [5, 5.41) is 3.35. The standard InChI is InChI=1S/C11H20N2OS/c1-9-7-11(15-10(9)2)8-13-4-6-14-5-3-12/h7,13H,3-6,8,12H2,1-2H3. The molecule has 0 aliphatic carbocycles. The Morgan fingerprint density at radius 1 is 1.40 bits per heavy atom. The predicted octanol–water partition coefficient (Wildman–Crippen LogP) is 1.43. The first-order valence-electron chi connectivity index (χ1n) is 5.28. The van der Waals surface area contributed by atoms with E-state index in [0.29, 0.717) is 13.2 Å². The van der Waals surface area contributed by atoms with Gasteiger partial charge in [-0.25, -0.2) is 0 Å². The highest BCUT2D eigenvalue weighted by Gasteiger charge is 2.00. The molecule has 1 heterocycles. The smallest absolute Gasteiger partial charge is 0.0591 e. The molecule has 0 aliphatic heterocycles. The number of aryl methyl sites for hydroxylation is 2. The van der Waals surface area contributed by atoms with Gasteiger partial charge >= 0.3 is 0 Å². The molecule has 1 aromatic heterocycles. The minimum absolute atomic E-state index is 0.601. The lowest BCUT2D eigenvalue weighted by atomic mass is 10.3. The first-order chi connectivity index (χ1) is 7.24. The average Bonchev–Trinajstić information content (AvgIpc) is 2.52. The maximum Gasteiger partial charge on any atom is 0.0591 e. The normalized spacial score (nSPS) is 10.9. The minimum Gasteiger partial charge on any atom is -0.379 e. The SMILES string of the molecule is Cc1cc(CNCCOCCN)sc1C. The van der Waals surface area contributed by atoms with E-state index in [4.69, 9.17) is 10.5 Å². The molecular formula is C11H20N2OS. The summed E-state index contributed by atoms with van der Waals surface area (Å²) in [6, 6.07) is 2.24. The Labute approximate surface area is 95.6 Å². The van der Waals surface area contributed by atoms with Crippen molar-refractivity contribution in [3.8, 4) is 0 Å². The van der Waals surface area contributed by atoms with Crippen LogP contribution in [0.4, 0.5) is 0 Å². The van der Waals surface area contributed by atoms with Crippen LogP contribution in [-0.4, -0.2) is 26.3 Å². The lowest BCUT2D eigenvalue weighted by Crippen LogP contribution is -2.20. The first kappa shape index (κ1) is 12.6. The number of thiophene rings is 1. The summed E-state index contributed by atoms with van der Waals surface area (Å²) >= 11 is 1.86. The van der Waals surface area contributed by atoms with E-state index in [1.165, 1.54) is 15.3 Å². The molecule has 3 nitrogen and oxygen atoms in total. The van der Waals surface area contributed by atoms with Crippen LogP contribution in [0.2, 0.25) is 0 Å². The molecule has 0 bridgehead atoms. The van der Waals surface area contributed by atoms with Gasteiger partial charge in [0.1, 0.15) is 0 Å². The minimum atomic E-state index is 0.601. The van der Waals surface area contributed by atoms with Crippen molar-refractivity contribution in [2.75, 3.05) is 26.3 Å². The Morgan fingerprint density at radius 3 is 2.80 bits per heavy atom. The summed E-state index contributed by atoms with van der Waals surface area (Å²) in [6.07, 6.45) is 0. The fourth-order valence-electron chi connectivity index (χ4n) is 1.28. The van der Waals surface area contributed by atoms with Gasteiger partial charge in [0.05, 0.1) is 13.2 Å². The lowest BCUT2D eigenvalue weighted by Gasteiger charge is -2.03. The maximum atomic E-state index is 5.31. The van der Waals surface area contributed by atoms with Crippen molar-refractivity contribution >= 4 is 11.3 Å². The number of rotatable bonds is 7. The molecule has 86 valence electrons. The van der Waals surface area contributed by atoms with Crippen molar-refractivity contribution in [2.45, 2.75) is 20.4 Å². The van der Waals surface area contributed by atoms with Gasteiger partial charge in [-0.3, -0.25) is 0 Å². The molecule has 0 unspecified atom stereocenters. The summed E-state index contributed by atoms with van der Waals surface area (Å²) in [5.74, 6) is 0. The highest BCUT2D eigenvalue weighted by Crippen LogP contribution is 2.19. The second kappa shape index (κ2) is 6.95. The molecule has 3 N–H and O–H groups in total. The fraction of sp³-hybridized carbons (Fsp3) is 0.636. The van der Waals surface area contributed by atoms with Gasteiger partial charge in [-0.05, 0) is 25.5 Å². The molecule has 1 rings (SSSR count). The molecule has 0 radical (unpaired) electrons. The predicted molar refractivity (Wildman–Crippen MR) is 65.4 cm³/mol. The van der Waals surface area contributed by atoms with Gasteiger partial charge in [-0.1, -0.05) is 0 Å². The third-order valence-corrected chi connectivity index (χ3v) is 3.35. The molecule has 0 spiro atoms. The van der Waals surface area contributed by atoms with E-state index in [2.05, 4.69) is 25.2 Å². The van der Waals surface area contributed by atoms with Crippen molar-refractivity contribution in [1.29, 1.82) is 0 Å². The van der Waals surface area contributed by atoms with Crippen LogP contribution in [0.5, 0.6) is 0 Å². The van der Waals surface area contributed by atoms with Crippen LogP contribution in [0.1, 0.15) is 15.3 Å². The van der Waals surface area contributed by atoms with E-state index < -0.39 is 0 Å². The van der Waals surface area contributed by atoms with Gasteiger partial charge in [-0.2, -0.15) is 0 Å². The number of ether oxygens (including phenoxy) is 1. The number of nitrogens with one attached hydrogen (secondary N) is 1.